The van der Waals surface area contributed by atoms with Crippen LogP contribution in [0.15, 0.2) is 46.2 Å². The molecule has 1 fully saturated rings. The van der Waals surface area contributed by atoms with Gasteiger partial charge in [0.1, 0.15) is 17.2 Å². The van der Waals surface area contributed by atoms with E-state index in [1.54, 1.807) is 37.8 Å². The number of rotatable bonds is 3. The van der Waals surface area contributed by atoms with Gasteiger partial charge < -0.3 is 14.7 Å². The van der Waals surface area contributed by atoms with Crippen LogP contribution in [0.4, 0.5) is 13.6 Å². The number of hydrogen-bond donors (Lipinski definition) is 1. The van der Waals surface area contributed by atoms with Crippen molar-refractivity contribution in [3.63, 3.8) is 0 Å². The van der Waals surface area contributed by atoms with E-state index in [1.807, 2.05) is 13.0 Å². The molecule has 30 heavy (non-hydrogen) atoms. The van der Waals surface area contributed by atoms with Gasteiger partial charge in [-0.2, -0.15) is 0 Å². The van der Waals surface area contributed by atoms with E-state index in [1.165, 1.54) is 18.2 Å². The number of amides is 1. The highest BCUT2D eigenvalue weighted by Crippen LogP contribution is 2.42. The Balaban J connectivity index is 1.82. The fourth-order valence-corrected chi connectivity index (χ4v) is 4.44. The number of benzene rings is 2. The second-order valence-corrected chi connectivity index (χ2v) is 9.76. The van der Waals surface area contributed by atoms with Crippen LogP contribution in [0.1, 0.15) is 44.7 Å². The van der Waals surface area contributed by atoms with Crippen LogP contribution in [0.25, 0.3) is 0 Å². The molecule has 1 heterocycles. The summed E-state index contributed by atoms with van der Waals surface area (Å²) in [6.45, 7) is 7.76. The van der Waals surface area contributed by atoms with Crippen LogP contribution >= 0.6 is 11.8 Å². The predicted molar refractivity (Wildman–Crippen MR) is 113 cm³/mol. The monoisotopic (exact) mass is 435 g/mol. The maximum absolute atomic E-state index is 14.3. The SMILES string of the molecule is Cc1ccc(Sc2ccc(F)cc2C2(O)CCN(C(=O)OC(C)(C)C)CC2)c(F)c1. The van der Waals surface area contributed by atoms with Crippen molar-refractivity contribution < 1.29 is 23.4 Å². The van der Waals surface area contributed by atoms with Crippen molar-refractivity contribution in [1.29, 1.82) is 0 Å². The molecule has 0 atom stereocenters. The number of aliphatic hydroxyl groups is 1. The van der Waals surface area contributed by atoms with Crippen molar-refractivity contribution in [2.45, 2.75) is 61.5 Å². The predicted octanol–water partition coefficient (Wildman–Crippen LogP) is 5.64. The number of aryl methyl sites for hydroxylation is 1. The van der Waals surface area contributed by atoms with Crippen LogP contribution in [0.2, 0.25) is 0 Å². The lowest BCUT2D eigenvalue weighted by Gasteiger charge is -2.39. The molecule has 1 amide bonds. The average molecular weight is 436 g/mol. The average Bonchev–Trinajstić information content (AvgIpc) is 2.64. The Morgan fingerprint density at radius 1 is 1.10 bits per heavy atom. The van der Waals surface area contributed by atoms with E-state index in [4.69, 9.17) is 4.74 Å². The third-order valence-corrected chi connectivity index (χ3v) is 6.12. The number of nitrogens with zero attached hydrogens (tertiary/aromatic N) is 1. The van der Waals surface area contributed by atoms with Gasteiger partial charge in [-0.1, -0.05) is 17.8 Å². The molecule has 1 aliphatic heterocycles. The molecule has 2 aromatic rings. The van der Waals surface area contributed by atoms with Gasteiger partial charge >= 0.3 is 6.09 Å². The fourth-order valence-electron chi connectivity index (χ4n) is 3.42. The standard InChI is InChI=1S/C23H27F2NO3S/c1-15-5-7-20(18(25)13-15)30-19-8-6-16(24)14-17(19)23(28)9-11-26(12-10-23)21(27)29-22(2,3)4/h5-8,13-14,28H,9-12H2,1-4H3. The number of carbonyl (C=O) groups excluding carboxylic acids is 1. The van der Waals surface area contributed by atoms with Crippen molar-refractivity contribution in [2.75, 3.05) is 13.1 Å². The molecule has 1 saturated heterocycles. The topological polar surface area (TPSA) is 49.8 Å². The Bertz CT molecular complexity index is 935. The molecule has 7 heteroatoms. The van der Waals surface area contributed by atoms with Gasteiger partial charge in [-0.3, -0.25) is 0 Å². The van der Waals surface area contributed by atoms with E-state index in [-0.39, 0.29) is 31.7 Å². The van der Waals surface area contributed by atoms with Gasteiger partial charge in [-0.05, 0) is 76.4 Å². The van der Waals surface area contributed by atoms with E-state index in [0.29, 0.717) is 15.4 Å². The van der Waals surface area contributed by atoms with Gasteiger partial charge in [0.05, 0.1) is 5.60 Å². The van der Waals surface area contributed by atoms with Crippen molar-refractivity contribution in [1.82, 2.24) is 4.90 Å². The molecule has 0 unspecified atom stereocenters. The van der Waals surface area contributed by atoms with Crippen LogP contribution in [-0.2, 0) is 10.3 Å². The van der Waals surface area contributed by atoms with Gasteiger partial charge in [0.25, 0.3) is 0 Å². The van der Waals surface area contributed by atoms with Crippen LogP contribution in [-0.4, -0.2) is 34.8 Å². The number of halogens is 2. The summed E-state index contributed by atoms with van der Waals surface area (Å²) in [5.41, 5.74) is -0.694. The molecule has 3 rings (SSSR count). The Hall–Kier alpha value is -2.12. The number of ether oxygens (including phenoxy) is 1. The van der Waals surface area contributed by atoms with Gasteiger partial charge in [0.15, 0.2) is 0 Å². The number of hydrogen-bond acceptors (Lipinski definition) is 4. The Labute approximate surface area is 180 Å². The van der Waals surface area contributed by atoms with E-state index < -0.39 is 23.1 Å². The Morgan fingerprint density at radius 3 is 2.33 bits per heavy atom. The summed E-state index contributed by atoms with van der Waals surface area (Å²) in [6.07, 6.45) is 0.0411. The van der Waals surface area contributed by atoms with Crippen molar-refractivity contribution in [3.8, 4) is 0 Å². The highest BCUT2D eigenvalue weighted by atomic mass is 32.2. The zero-order chi connectivity index (χ0) is 22.1. The maximum Gasteiger partial charge on any atom is 0.410 e. The summed E-state index contributed by atoms with van der Waals surface area (Å²) >= 11 is 1.16. The van der Waals surface area contributed by atoms with Crippen LogP contribution in [0, 0.1) is 18.6 Å². The lowest BCUT2D eigenvalue weighted by atomic mass is 9.84. The second kappa shape index (κ2) is 8.55. The molecular weight excluding hydrogens is 408 g/mol. The Kier molecular flexibility index (Phi) is 6.43. The summed E-state index contributed by atoms with van der Waals surface area (Å²) in [5, 5.41) is 11.3. The minimum Gasteiger partial charge on any atom is -0.444 e. The molecule has 1 N–H and O–H groups in total. The first-order valence-electron chi connectivity index (χ1n) is 9.91. The van der Waals surface area contributed by atoms with Gasteiger partial charge in [-0.15, -0.1) is 0 Å². The smallest absolute Gasteiger partial charge is 0.410 e. The molecule has 0 aromatic heterocycles. The number of likely N-dealkylation sites (tertiary alicyclic amines) is 1. The minimum absolute atomic E-state index is 0.236. The van der Waals surface area contributed by atoms with Crippen molar-refractivity contribution in [3.05, 3.63) is 59.2 Å². The quantitative estimate of drug-likeness (QED) is 0.678. The molecule has 162 valence electrons. The van der Waals surface area contributed by atoms with Crippen LogP contribution in [0.3, 0.4) is 0 Å². The van der Waals surface area contributed by atoms with Crippen LogP contribution in [0.5, 0.6) is 0 Å². The first-order valence-corrected chi connectivity index (χ1v) is 10.7. The molecule has 1 aliphatic rings. The third-order valence-electron chi connectivity index (χ3n) is 4.99. The molecule has 2 aromatic carbocycles. The third kappa shape index (κ3) is 5.32. The summed E-state index contributed by atoms with van der Waals surface area (Å²) in [5.74, 6) is -0.830. The summed E-state index contributed by atoms with van der Waals surface area (Å²) in [6, 6.07) is 9.10. The van der Waals surface area contributed by atoms with E-state index in [9.17, 15) is 18.7 Å². The Morgan fingerprint density at radius 2 is 1.73 bits per heavy atom. The number of piperidine rings is 1. The number of carbonyl (C=O) groups is 1. The zero-order valence-corrected chi connectivity index (χ0v) is 18.5. The van der Waals surface area contributed by atoms with Crippen molar-refractivity contribution >= 4 is 17.9 Å². The lowest BCUT2D eigenvalue weighted by molar-refractivity contribution is -0.0373. The highest BCUT2D eigenvalue weighted by Gasteiger charge is 2.38. The molecule has 0 saturated carbocycles. The van der Waals surface area contributed by atoms with Gasteiger partial charge in [0.2, 0.25) is 0 Å². The molecule has 0 spiro atoms. The van der Waals surface area contributed by atoms with E-state index in [2.05, 4.69) is 0 Å². The minimum atomic E-state index is -1.32. The van der Waals surface area contributed by atoms with Gasteiger partial charge in [0, 0.05) is 28.4 Å². The first-order chi connectivity index (χ1) is 14.0. The second-order valence-electron chi connectivity index (χ2n) is 8.68. The zero-order valence-electron chi connectivity index (χ0n) is 17.7. The molecule has 0 radical (unpaired) electrons. The fraction of sp³-hybridized carbons (Fsp3) is 0.435. The molecular formula is C23H27F2NO3S. The normalized spacial score (nSPS) is 16.4. The summed E-state index contributed by atoms with van der Waals surface area (Å²) in [4.78, 5) is 14.8. The molecule has 0 bridgehead atoms. The summed E-state index contributed by atoms with van der Waals surface area (Å²) in [7, 11) is 0. The highest BCUT2D eigenvalue weighted by molar-refractivity contribution is 7.99. The molecule has 0 aliphatic carbocycles. The first kappa shape index (κ1) is 22.6. The van der Waals surface area contributed by atoms with E-state index in [0.717, 1.165) is 17.3 Å². The lowest BCUT2D eigenvalue weighted by Crippen LogP contribution is -2.47. The largest absolute Gasteiger partial charge is 0.444 e. The van der Waals surface area contributed by atoms with Crippen molar-refractivity contribution in [2.24, 2.45) is 0 Å². The van der Waals surface area contributed by atoms with Crippen LogP contribution < -0.4 is 0 Å². The summed E-state index contributed by atoms with van der Waals surface area (Å²) < 4.78 is 33.8. The van der Waals surface area contributed by atoms with Gasteiger partial charge in [-0.25, -0.2) is 13.6 Å². The maximum atomic E-state index is 14.3. The van der Waals surface area contributed by atoms with E-state index >= 15 is 0 Å². The molecule has 4 nitrogen and oxygen atoms in total.